The van der Waals surface area contributed by atoms with Crippen molar-refractivity contribution in [2.24, 2.45) is 11.3 Å². The number of anilines is 1. The number of amides is 1. The first kappa shape index (κ1) is 15.8. The summed E-state index contributed by atoms with van der Waals surface area (Å²) in [6.45, 7) is 2.25. The minimum Gasteiger partial charge on any atom is -0.310 e. The minimum absolute atomic E-state index is 0.0914. The molecule has 0 aromatic carbocycles. The Hall–Kier alpha value is -2.38. The van der Waals surface area contributed by atoms with Crippen LogP contribution in [0.5, 0.6) is 0 Å². The van der Waals surface area contributed by atoms with Crippen LogP contribution in [0, 0.1) is 11.3 Å². The summed E-state index contributed by atoms with van der Waals surface area (Å²) in [4.78, 5) is 28.8. The van der Waals surface area contributed by atoms with Crippen molar-refractivity contribution < 1.29 is 4.79 Å². The fraction of sp³-hybridized carbons (Fsp3) is 0.368. The van der Waals surface area contributed by atoms with Gasteiger partial charge in [-0.05, 0) is 42.8 Å². The van der Waals surface area contributed by atoms with Crippen LogP contribution in [0.1, 0.15) is 12.8 Å². The topological polar surface area (TPSA) is 71.0 Å². The number of carbonyl (C=O) groups is 1. The number of pyridine rings is 2. The lowest BCUT2D eigenvalue weighted by atomic mass is 9.57. The van der Waals surface area contributed by atoms with Gasteiger partial charge in [0.25, 0.3) is 0 Å². The van der Waals surface area contributed by atoms with Gasteiger partial charge in [-0.2, -0.15) is 0 Å². The van der Waals surface area contributed by atoms with Gasteiger partial charge in [-0.3, -0.25) is 14.8 Å². The van der Waals surface area contributed by atoms with Crippen molar-refractivity contribution in [3.05, 3.63) is 36.2 Å². The van der Waals surface area contributed by atoms with Gasteiger partial charge in [0.1, 0.15) is 5.82 Å². The van der Waals surface area contributed by atoms with E-state index in [1.165, 1.54) is 0 Å². The number of hydrogen-bond acceptors (Lipinski definition) is 6. The molecule has 2 fully saturated rings. The molecule has 3 aromatic heterocycles. The number of likely N-dealkylation sites (tertiary alicyclic amines) is 1. The van der Waals surface area contributed by atoms with Gasteiger partial charge in [0.05, 0.1) is 16.1 Å². The van der Waals surface area contributed by atoms with E-state index in [0.29, 0.717) is 11.2 Å². The molecule has 1 spiro atoms. The first-order chi connectivity index (χ1) is 12.6. The van der Waals surface area contributed by atoms with E-state index >= 15 is 0 Å². The van der Waals surface area contributed by atoms with Crippen LogP contribution in [0.3, 0.4) is 0 Å². The molecule has 0 bridgehead atoms. The molecule has 1 aliphatic heterocycles. The van der Waals surface area contributed by atoms with Gasteiger partial charge in [0.2, 0.25) is 5.91 Å². The summed E-state index contributed by atoms with van der Waals surface area (Å²) in [7, 11) is 2.13. The molecule has 1 saturated carbocycles. The summed E-state index contributed by atoms with van der Waals surface area (Å²) in [5.74, 6) is 0.816. The van der Waals surface area contributed by atoms with Crippen LogP contribution in [0.4, 0.5) is 5.82 Å². The van der Waals surface area contributed by atoms with E-state index in [0.717, 1.165) is 47.3 Å². The van der Waals surface area contributed by atoms with E-state index in [-0.39, 0.29) is 11.8 Å². The van der Waals surface area contributed by atoms with Crippen molar-refractivity contribution in [1.29, 1.82) is 0 Å². The molecule has 132 valence electrons. The van der Waals surface area contributed by atoms with Crippen LogP contribution < -0.4 is 5.32 Å². The van der Waals surface area contributed by atoms with E-state index in [1.807, 2.05) is 24.5 Å². The molecule has 7 heteroatoms. The highest BCUT2D eigenvalue weighted by Crippen LogP contribution is 2.51. The molecule has 3 aromatic rings. The third kappa shape index (κ3) is 2.68. The first-order valence-corrected chi connectivity index (χ1v) is 9.62. The van der Waals surface area contributed by atoms with Crippen LogP contribution in [-0.2, 0) is 4.79 Å². The quantitative estimate of drug-likeness (QED) is 0.772. The molecular weight excluding hydrogens is 346 g/mol. The molecule has 1 saturated heterocycles. The maximum absolute atomic E-state index is 12.5. The third-order valence-electron chi connectivity index (χ3n) is 5.48. The zero-order chi connectivity index (χ0) is 17.7. The van der Waals surface area contributed by atoms with Crippen LogP contribution >= 0.6 is 11.3 Å². The summed E-state index contributed by atoms with van der Waals surface area (Å²) in [6.07, 6.45) is 7.38. The summed E-state index contributed by atoms with van der Waals surface area (Å²) in [5, 5.41) is 4.96. The normalized spacial score (nSPS) is 19.3. The molecule has 1 amide bonds. The fourth-order valence-electron chi connectivity index (χ4n) is 4.34. The molecule has 5 rings (SSSR count). The summed E-state index contributed by atoms with van der Waals surface area (Å²) < 4.78 is 0. The van der Waals surface area contributed by atoms with Gasteiger partial charge < -0.3 is 10.2 Å². The number of fused-ring (bicyclic) bond motifs is 1. The van der Waals surface area contributed by atoms with E-state index in [2.05, 4.69) is 32.2 Å². The second kappa shape index (κ2) is 5.82. The van der Waals surface area contributed by atoms with Gasteiger partial charge in [-0.1, -0.05) is 0 Å². The Balaban J connectivity index is 1.32. The van der Waals surface area contributed by atoms with E-state index in [9.17, 15) is 4.79 Å². The maximum Gasteiger partial charge on any atom is 0.228 e. The minimum atomic E-state index is 0.0914. The van der Waals surface area contributed by atoms with E-state index in [1.54, 1.807) is 23.0 Å². The Labute approximate surface area is 155 Å². The lowest BCUT2D eigenvalue weighted by Crippen LogP contribution is -2.62. The highest BCUT2D eigenvalue weighted by Gasteiger charge is 2.53. The summed E-state index contributed by atoms with van der Waals surface area (Å²) in [5.41, 5.74) is 3.09. The average Bonchev–Trinajstić information content (AvgIpc) is 3.10. The van der Waals surface area contributed by atoms with Crippen LogP contribution in [-0.4, -0.2) is 45.9 Å². The molecule has 0 atom stereocenters. The predicted molar refractivity (Wildman–Crippen MR) is 102 cm³/mol. The lowest BCUT2D eigenvalue weighted by molar-refractivity contribution is -0.137. The van der Waals surface area contributed by atoms with Gasteiger partial charge in [-0.15, -0.1) is 11.3 Å². The van der Waals surface area contributed by atoms with E-state index in [4.69, 9.17) is 0 Å². The summed E-state index contributed by atoms with van der Waals surface area (Å²) >= 11 is 1.56. The van der Waals surface area contributed by atoms with Crippen LogP contribution in [0.15, 0.2) is 36.2 Å². The van der Waals surface area contributed by atoms with Crippen molar-refractivity contribution >= 4 is 33.8 Å². The molecule has 0 unspecified atom stereocenters. The molecule has 1 aliphatic carbocycles. The van der Waals surface area contributed by atoms with Crippen molar-refractivity contribution in [2.45, 2.75) is 12.8 Å². The molecule has 4 heterocycles. The Bertz CT molecular complexity index is 973. The Morgan fingerprint density at radius 2 is 2.00 bits per heavy atom. The average molecular weight is 365 g/mol. The second-order valence-electron chi connectivity index (χ2n) is 7.62. The van der Waals surface area contributed by atoms with Gasteiger partial charge in [0.15, 0.2) is 0 Å². The molecule has 1 N–H and O–H groups in total. The highest BCUT2D eigenvalue weighted by molar-refractivity contribution is 7.13. The van der Waals surface area contributed by atoms with Gasteiger partial charge >= 0.3 is 0 Å². The van der Waals surface area contributed by atoms with Crippen molar-refractivity contribution in [1.82, 2.24) is 19.9 Å². The SMILES string of the molecule is CN1CC2(CC(C(=O)Nc3cc4cc(-c5cncs5)ncc4cn3)C2)C1. The molecule has 26 heavy (non-hydrogen) atoms. The molecule has 2 aliphatic rings. The van der Waals surface area contributed by atoms with Crippen LogP contribution in [0.25, 0.3) is 21.3 Å². The Morgan fingerprint density at radius 1 is 1.19 bits per heavy atom. The van der Waals surface area contributed by atoms with Crippen LogP contribution in [0.2, 0.25) is 0 Å². The van der Waals surface area contributed by atoms with Crippen molar-refractivity contribution in [3.8, 4) is 10.6 Å². The highest BCUT2D eigenvalue weighted by atomic mass is 32.1. The standard InChI is InChI=1S/C19H19N5OS/c1-24-9-19(10-24)4-13(5-19)18(25)23-17-3-12-2-15(16-8-20-11-26-16)21-6-14(12)7-22-17/h2-3,6-8,11,13H,4-5,9-10H2,1H3,(H,22,23,25). The Morgan fingerprint density at radius 3 is 2.73 bits per heavy atom. The maximum atomic E-state index is 12.5. The van der Waals surface area contributed by atoms with Crippen molar-refractivity contribution in [3.63, 3.8) is 0 Å². The summed E-state index contributed by atoms with van der Waals surface area (Å²) in [6, 6.07) is 3.94. The number of carbonyl (C=O) groups excluding carboxylic acids is 1. The number of aromatic nitrogens is 3. The van der Waals surface area contributed by atoms with E-state index < -0.39 is 0 Å². The smallest absolute Gasteiger partial charge is 0.228 e. The van der Waals surface area contributed by atoms with Gasteiger partial charge in [0, 0.05) is 43.0 Å². The molecule has 0 radical (unpaired) electrons. The van der Waals surface area contributed by atoms with Gasteiger partial charge in [-0.25, -0.2) is 4.98 Å². The predicted octanol–water partition coefficient (Wildman–Crippen LogP) is 3.03. The number of hydrogen-bond donors (Lipinski definition) is 1. The monoisotopic (exact) mass is 365 g/mol. The number of nitrogens with one attached hydrogen (secondary N) is 1. The first-order valence-electron chi connectivity index (χ1n) is 8.74. The van der Waals surface area contributed by atoms with Crippen molar-refractivity contribution in [2.75, 3.05) is 25.5 Å². The largest absolute Gasteiger partial charge is 0.310 e. The second-order valence-corrected chi connectivity index (χ2v) is 8.50. The molecule has 6 nitrogen and oxygen atoms in total. The zero-order valence-electron chi connectivity index (χ0n) is 14.5. The third-order valence-corrected chi connectivity index (χ3v) is 6.28. The molecular formula is C19H19N5OS. The lowest BCUT2D eigenvalue weighted by Gasteiger charge is -2.57. The fourth-order valence-corrected chi connectivity index (χ4v) is 4.93. The number of thiazole rings is 1. The zero-order valence-corrected chi connectivity index (χ0v) is 15.3. The number of rotatable bonds is 3. The number of nitrogens with zero attached hydrogens (tertiary/aromatic N) is 4. The Kier molecular flexibility index (Phi) is 3.55.